The minimum absolute atomic E-state index is 0.189. The Labute approximate surface area is 316 Å². The maximum Gasteiger partial charge on any atom is 0.500 e. The van der Waals surface area contributed by atoms with Gasteiger partial charge >= 0.3 is 17.6 Å². The van der Waals surface area contributed by atoms with E-state index < -0.39 is 35.9 Å². The van der Waals surface area contributed by atoms with E-state index in [2.05, 4.69) is 21.3 Å². The second kappa shape index (κ2) is 31.9. The summed E-state index contributed by atoms with van der Waals surface area (Å²) in [5.74, 6) is 0. The molecule has 17 nitrogen and oxygen atoms in total. The number of rotatable bonds is 38. The monoisotopic (exact) mass is 792 g/mol. The molecule has 52 heavy (non-hydrogen) atoms. The van der Waals surface area contributed by atoms with Gasteiger partial charge < -0.3 is 77.4 Å². The van der Waals surface area contributed by atoms with Gasteiger partial charge in [0.05, 0.1) is 43.7 Å². The summed E-state index contributed by atoms with van der Waals surface area (Å²) < 4.78 is 49.6. The Morgan fingerprint density at radius 2 is 0.923 bits per heavy atom. The molecule has 19 heteroatoms. The van der Waals surface area contributed by atoms with Crippen molar-refractivity contribution in [1.82, 2.24) is 26.2 Å². The molecule has 3 atom stereocenters. The molecular formula is C33H77N5O12Si2. The second-order valence-corrected chi connectivity index (χ2v) is 19.7. The van der Waals surface area contributed by atoms with Crippen LogP contribution in [0, 0.1) is 0 Å². The summed E-state index contributed by atoms with van der Waals surface area (Å²) in [5.41, 5.74) is -0.342. The van der Waals surface area contributed by atoms with Crippen molar-refractivity contribution in [1.29, 1.82) is 0 Å². The Bertz CT molecular complexity index is 788. The number of ether oxygens (including phenoxy) is 3. The Kier molecular flexibility index (Phi) is 31.8. The summed E-state index contributed by atoms with van der Waals surface area (Å²) in [7, 11) is 4.33. The topological polar surface area (TPSA) is 195 Å². The van der Waals surface area contributed by atoms with E-state index in [1.165, 1.54) is 0 Å². The molecule has 0 aromatic rings. The zero-order valence-electron chi connectivity index (χ0n) is 33.8. The predicted octanol–water partition coefficient (Wildman–Crippen LogP) is -0.886. The fraction of sp³-hybridized carbons (Fsp3) is 1.00. The van der Waals surface area contributed by atoms with Crippen molar-refractivity contribution in [2.45, 2.75) is 69.6 Å². The molecule has 0 aliphatic rings. The third kappa shape index (κ3) is 27.4. The van der Waals surface area contributed by atoms with Gasteiger partial charge in [-0.3, -0.25) is 4.90 Å². The van der Waals surface area contributed by atoms with Gasteiger partial charge in [-0.25, -0.2) is 0 Å². The lowest BCUT2D eigenvalue weighted by molar-refractivity contribution is -0.0601. The molecule has 7 N–H and O–H groups in total. The zero-order chi connectivity index (χ0) is 39.1. The maximum absolute atomic E-state index is 10.7. The first-order valence-corrected chi connectivity index (χ1v) is 22.4. The van der Waals surface area contributed by atoms with Crippen molar-refractivity contribution in [2.24, 2.45) is 0 Å². The third-order valence-corrected chi connectivity index (χ3v) is 13.8. The molecule has 0 rings (SSSR count). The molecule has 3 unspecified atom stereocenters. The van der Waals surface area contributed by atoms with E-state index in [0.717, 1.165) is 45.7 Å². The summed E-state index contributed by atoms with van der Waals surface area (Å²) >= 11 is 0. The highest BCUT2D eigenvalue weighted by Gasteiger charge is 2.37. The Morgan fingerprint density at radius 3 is 1.35 bits per heavy atom. The number of nitrogens with one attached hydrogen (secondary N) is 4. The molecule has 0 aliphatic heterocycles. The highest BCUT2D eigenvalue weighted by Crippen LogP contribution is 2.16. The molecule has 0 aromatic carbocycles. The van der Waals surface area contributed by atoms with E-state index in [-0.39, 0.29) is 25.4 Å². The maximum atomic E-state index is 10.7. The standard InChI is InChI=1S/C33H77N5O12Si2/c1-33(2,3)50-29-32(41)26-38(25-31(40)28-49-21-11-23-52(45-7,46-8)47-9)19-18-36-15-14-34-12-13-35-16-17-37-24-30(39)27-48-20-10-22-51(42-4,43-5)44-6/h30-32,34-37,39-41H,10-29H2,1-9H3. The van der Waals surface area contributed by atoms with Crippen molar-refractivity contribution < 1.29 is 56.1 Å². The molecule has 0 saturated carbocycles. The minimum atomic E-state index is -2.64. The summed E-state index contributed by atoms with van der Waals surface area (Å²) in [4.78, 5) is 2.04. The van der Waals surface area contributed by atoms with Crippen LogP contribution >= 0.6 is 0 Å². The van der Waals surface area contributed by atoms with Gasteiger partial charge in [0, 0.05) is 140 Å². The summed E-state index contributed by atoms with van der Waals surface area (Å²) in [5, 5.41) is 44.9. The quantitative estimate of drug-likeness (QED) is 0.0301. The summed E-state index contributed by atoms with van der Waals surface area (Å²) in [6, 6.07) is 1.29. The fourth-order valence-electron chi connectivity index (χ4n) is 5.11. The van der Waals surface area contributed by atoms with E-state index in [1.807, 2.05) is 25.7 Å². The van der Waals surface area contributed by atoms with Crippen LogP contribution in [0.25, 0.3) is 0 Å². The molecule has 0 saturated heterocycles. The summed E-state index contributed by atoms with van der Waals surface area (Å²) in [6.07, 6.45) is -0.520. The smallest absolute Gasteiger partial charge is 0.389 e. The zero-order valence-corrected chi connectivity index (χ0v) is 35.8. The van der Waals surface area contributed by atoms with Crippen LogP contribution < -0.4 is 21.3 Å². The molecule has 314 valence electrons. The van der Waals surface area contributed by atoms with Crippen molar-refractivity contribution in [3.63, 3.8) is 0 Å². The molecule has 0 fully saturated rings. The van der Waals surface area contributed by atoms with Crippen LogP contribution in [0.2, 0.25) is 12.1 Å². The van der Waals surface area contributed by atoms with E-state index >= 15 is 0 Å². The van der Waals surface area contributed by atoms with Gasteiger partial charge in [0.25, 0.3) is 0 Å². The average molecular weight is 792 g/mol. The molecule has 0 aliphatic carbocycles. The number of nitrogens with zero attached hydrogens (tertiary/aromatic N) is 1. The van der Waals surface area contributed by atoms with E-state index in [1.54, 1.807) is 42.7 Å². The van der Waals surface area contributed by atoms with Crippen LogP contribution in [-0.2, 0) is 40.8 Å². The largest absolute Gasteiger partial charge is 0.500 e. The van der Waals surface area contributed by atoms with E-state index in [9.17, 15) is 15.3 Å². The molecule has 0 heterocycles. The van der Waals surface area contributed by atoms with Crippen LogP contribution in [0.4, 0.5) is 0 Å². The predicted molar refractivity (Wildman–Crippen MR) is 206 cm³/mol. The Morgan fingerprint density at radius 1 is 0.538 bits per heavy atom. The molecule has 0 aromatic heterocycles. The number of aliphatic hydroxyl groups excluding tert-OH is 3. The normalized spacial score (nSPS) is 14.7. The van der Waals surface area contributed by atoms with Crippen LogP contribution in [-0.4, -0.2) is 209 Å². The first kappa shape index (κ1) is 51.8. The fourth-order valence-corrected chi connectivity index (χ4v) is 8.49. The lowest BCUT2D eigenvalue weighted by Gasteiger charge is -2.29. The van der Waals surface area contributed by atoms with Crippen molar-refractivity contribution in [3.05, 3.63) is 0 Å². The minimum Gasteiger partial charge on any atom is -0.389 e. The third-order valence-electron chi connectivity index (χ3n) is 8.10. The Balaban J connectivity index is 4.13. The van der Waals surface area contributed by atoms with Gasteiger partial charge in [-0.05, 0) is 33.6 Å². The molecule has 0 bridgehead atoms. The van der Waals surface area contributed by atoms with Crippen molar-refractivity contribution >= 4 is 17.6 Å². The first-order valence-electron chi connectivity index (χ1n) is 18.5. The molecular weight excluding hydrogens is 715 g/mol. The highest BCUT2D eigenvalue weighted by atomic mass is 28.4. The SMILES string of the molecule is CO[Si](CCCOCC(O)CNCCNCCNCCNCCN(CC(O)COCCC[Si](OC)(OC)OC)CC(O)COC(C)(C)C)(OC)OC. The van der Waals surface area contributed by atoms with Crippen LogP contribution in [0.5, 0.6) is 0 Å². The molecule has 0 spiro atoms. The van der Waals surface area contributed by atoms with Gasteiger partial charge in [-0.2, -0.15) is 0 Å². The molecule has 0 radical (unpaired) electrons. The van der Waals surface area contributed by atoms with Crippen LogP contribution in [0.15, 0.2) is 0 Å². The number of hydrogen-bond donors (Lipinski definition) is 7. The highest BCUT2D eigenvalue weighted by molar-refractivity contribution is 6.60. The lowest BCUT2D eigenvalue weighted by atomic mass is 10.2. The van der Waals surface area contributed by atoms with Gasteiger partial charge in [-0.15, -0.1) is 0 Å². The van der Waals surface area contributed by atoms with Crippen molar-refractivity contribution in [3.8, 4) is 0 Å². The van der Waals surface area contributed by atoms with Gasteiger partial charge in [0.1, 0.15) is 0 Å². The lowest BCUT2D eigenvalue weighted by Crippen LogP contribution is -2.45. The Hall–Kier alpha value is -0.246. The van der Waals surface area contributed by atoms with Crippen LogP contribution in [0.1, 0.15) is 33.6 Å². The summed E-state index contributed by atoms with van der Waals surface area (Å²) in [6.45, 7) is 14.9. The van der Waals surface area contributed by atoms with Crippen molar-refractivity contribution in [2.75, 3.05) is 148 Å². The molecule has 0 amide bonds. The average Bonchev–Trinajstić information content (AvgIpc) is 3.12. The van der Waals surface area contributed by atoms with E-state index in [0.29, 0.717) is 64.4 Å². The van der Waals surface area contributed by atoms with Gasteiger partial charge in [0.15, 0.2) is 0 Å². The van der Waals surface area contributed by atoms with E-state index in [4.69, 9.17) is 40.8 Å². The number of aliphatic hydroxyl groups is 3. The van der Waals surface area contributed by atoms with Gasteiger partial charge in [0.2, 0.25) is 0 Å². The first-order chi connectivity index (χ1) is 24.8. The van der Waals surface area contributed by atoms with Crippen LogP contribution in [0.3, 0.4) is 0 Å². The second-order valence-electron chi connectivity index (χ2n) is 13.5. The number of hydrogen-bond acceptors (Lipinski definition) is 17. The van der Waals surface area contributed by atoms with Gasteiger partial charge in [-0.1, -0.05) is 0 Å².